The van der Waals surface area contributed by atoms with Crippen molar-refractivity contribution in [2.75, 3.05) is 26.2 Å². The number of likely N-dealkylation sites (tertiary alicyclic amines) is 1. The molecule has 0 bridgehead atoms. The summed E-state index contributed by atoms with van der Waals surface area (Å²) in [5.74, 6) is 0.830. The lowest BCUT2D eigenvalue weighted by Gasteiger charge is -2.24. The smallest absolute Gasteiger partial charge is 0.0562 e. The van der Waals surface area contributed by atoms with Gasteiger partial charge >= 0.3 is 0 Å². The molecule has 0 saturated carbocycles. The van der Waals surface area contributed by atoms with Gasteiger partial charge in [0.15, 0.2) is 0 Å². The van der Waals surface area contributed by atoms with E-state index in [0.29, 0.717) is 6.04 Å². The standard InChI is InChI=1S/C14H26N4/c1-3-6-15-10-14-5-9-17(12-14)13(2)11-18-8-4-7-16-18/h4,7-8,13-15H,3,5-6,9-12H2,1-2H3. The van der Waals surface area contributed by atoms with Crippen molar-refractivity contribution >= 4 is 0 Å². The lowest BCUT2D eigenvalue weighted by molar-refractivity contribution is 0.221. The molecule has 1 aliphatic heterocycles. The summed E-state index contributed by atoms with van der Waals surface area (Å²) in [7, 11) is 0. The van der Waals surface area contributed by atoms with Crippen molar-refractivity contribution in [3.63, 3.8) is 0 Å². The zero-order valence-electron chi connectivity index (χ0n) is 11.7. The second-order valence-corrected chi connectivity index (χ2v) is 5.43. The van der Waals surface area contributed by atoms with E-state index in [2.05, 4.69) is 29.2 Å². The third kappa shape index (κ3) is 3.82. The fourth-order valence-electron chi connectivity index (χ4n) is 2.71. The first-order valence-electron chi connectivity index (χ1n) is 7.21. The van der Waals surface area contributed by atoms with E-state index in [1.165, 1.54) is 32.5 Å². The van der Waals surface area contributed by atoms with Gasteiger partial charge in [-0.2, -0.15) is 5.10 Å². The monoisotopic (exact) mass is 250 g/mol. The molecule has 18 heavy (non-hydrogen) atoms. The molecule has 1 aliphatic rings. The minimum atomic E-state index is 0.584. The van der Waals surface area contributed by atoms with E-state index in [9.17, 15) is 0 Å². The van der Waals surface area contributed by atoms with Crippen LogP contribution in [0.25, 0.3) is 0 Å². The summed E-state index contributed by atoms with van der Waals surface area (Å²) in [5, 5.41) is 7.82. The highest BCUT2D eigenvalue weighted by Gasteiger charge is 2.25. The SMILES string of the molecule is CCCNCC1CCN(C(C)Cn2cccn2)C1. The number of hydrogen-bond donors (Lipinski definition) is 1. The van der Waals surface area contributed by atoms with Gasteiger partial charge in [-0.15, -0.1) is 0 Å². The molecule has 4 nitrogen and oxygen atoms in total. The number of nitrogens with one attached hydrogen (secondary N) is 1. The van der Waals surface area contributed by atoms with Crippen LogP contribution in [0, 0.1) is 5.92 Å². The average Bonchev–Trinajstić information content (AvgIpc) is 3.00. The molecule has 2 atom stereocenters. The molecule has 1 fully saturated rings. The summed E-state index contributed by atoms with van der Waals surface area (Å²) in [4.78, 5) is 2.60. The first kappa shape index (κ1) is 13.6. The van der Waals surface area contributed by atoms with Gasteiger partial charge in [-0.3, -0.25) is 9.58 Å². The quantitative estimate of drug-likeness (QED) is 0.746. The Kier molecular flexibility index (Phi) is 5.20. The third-order valence-electron chi connectivity index (χ3n) is 3.81. The van der Waals surface area contributed by atoms with Crippen molar-refractivity contribution in [1.29, 1.82) is 0 Å². The van der Waals surface area contributed by atoms with E-state index in [1.54, 1.807) is 0 Å². The molecule has 2 unspecified atom stereocenters. The van der Waals surface area contributed by atoms with Crippen LogP contribution < -0.4 is 5.32 Å². The van der Waals surface area contributed by atoms with Crippen LogP contribution >= 0.6 is 0 Å². The average molecular weight is 250 g/mol. The van der Waals surface area contributed by atoms with Crippen LogP contribution in [0.5, 0.6) is 0 Å². The molecule has 4 heteroatoms. The molecular formula is C14H26N4. The normalized spacial score (nSPS) is 22.4. The third-order valence-corrected chi connectivity index (χ3v) is 3.81. The van der Waals surface area contributed by atoms with Gasteiger partial charge in [0, 0.05) is 25.0 Å². The van der Waals surface area contributed by atoms with E-state index in [1.807, 2.05) is 23.1 Å². The highest BCUT2D eigenvalue weighted by atomic mass is 15.3. The van der Waals surface area contributed by atoms with Crippen LogP contribution in [0.15, 0.2) is 18.5 Å². The Balaban J connectivity index is 1.71. The van der Waals surface area contributed by atoms with E-state index >= 15 is 0 Å². The van der Waals surface area contributed by atoms with Crippen LogP contribution in [-0.2, 0) is 6.54 Å². The first-order valence-corrected chi connectivity index (χ1v) is 7.21. The lowest BCUT2D eigenvalue weighted by atomic mass is 10.1. The molecule has 1 saturated heterocycles. The molecule has 0 aromatic carbocycles. The summed E-state index contributed by atoms with van der Waals surface area (Å²) in [6.07, 6.45) is 6.47. The van der Waals surface area contributed by atoms with Crippen LogP contribution in [0.3, 0.4) is 0 Å². The molecule has 2 rings (SSSR count). The Bertz CT molecular complexity index is 323. The molecule has 0 spiro atoms. The Morgan fingerprint density at radius 1 is 1.50 bits per heavy atom. The van der Waals surface area contributed by atoms with Crippen molar-refractivity contribution in [1.82, 2.24) is 20.0 Å². The molecule has 0 aliphatic carbocycles. The second-order valence-electron chi connectivity index (χ2n) is 5.43. The van der Waals surface area contributed by atoms with E-state index < -0.39 is 0 Å². The lowest BCUT2D eigenvalue weighted by Crippen LogP contribution is -2.35. The van der Waals surface area contributed by atoms with Crippen LogP contribution in [0.2, 0.25) is 0 Å². The van der Waals surface area contributed by atoms with Gasteiger partial charge < -0.3 is 5.32 Å². The number of hydrogen-bond acceptors (Lipinski definition) is 3. The van der Waals surface area contributed by atoms with E-state index in [0.717, 1.165) is 19.0 Å². The summed E-state index contributed by atoms with van der Waals surface area (Å²) in [6, 6.07) is 2.58. The Morgan fingerprint density at radius 3 is 3.11 bits per heavy atom. The molecule has 2 heterocycles. The topological polar surface area (TPSA) is 33.1 Å². The summed E-state index contributed by atoms with van der Waals surface area (Å²) >= 11 is 0. The van der Waals surface area contributed by atoms with Gasteiger partial charge in [0.05, 0.1) is 6.54 Å². The van der Waals surface area contributed by atoms with Crippen molar-refractivity contribution in [3.05, 3.63) is 18.5 Å². The van der Waals surface area contributed by atoms with Gasteiger partial charge in [0.2, 0.25) is 0 Å². The molecule has 1 aromatic heterocycles. The van der Waals surface area contributed by atoms with Crippen LogP contribution in [0.4, 0.5) is 0 Å². The molecule has 102 valence electrons. The predicted molar refractivity (Wildman–Crippen MR) is 74.5 cm³/mol. The zero-order chi connectivity index (χ0) is 12.8. The fraction of sp³-hybridized carbons (Fsp3) is 0.786. The maximum atomic E-state index is 4.28. The largest absolute Gasteiger partial charge is 0.316 e. The number of aromatic nitrogens is 2. The van der Waals surface area contributed by atoms with Gasteiger partial charge in [-0.25, -0.2) is 0 Å². The molecule has 1 aromatic rings. The van der Waals surface area contributed by atoms with Gasteiger partial charge in [-0.05, 0) is 51.4 Å². The predicted octanol–water partition coefficient (Wildman–Crippen LogP) is 1.59. The van der Waals surface area contributed by atoms with Crippen molar-refractivity contribution in [2.24, 2.45) is 5.92 Å². The van der Waals surface area contributed by atoms with Gasteiger partial charge in [-0.1, -0.05) is 6.92 Å². The Labute approximate surface area is 110 Å². The van der Waals surface area contributed by atoms with E-state index in [-0.39, 0.29) is 0 Å². The summed E-state index contributed by atoms with van der Waals surface area (Å²) in [6.45, 7) is 10.3. The maximum absolute atomic E-state index is 4.28. The Morgan fingerprint density at radius 2 is 2.39 bits per heavy atom. The number of rotatable bonds is 7. The van der Waals surface area contributed by atoms with Crippen LogP contribution in [0.1, 0.15) is 26.7 Å². The minimum absolute atomic E-state index is 0.584. The minimum Gasteiger partial charge on any atom is -0.316 e. The van der Waals surface area contributed by atoms with E-state index in [4.69, 9.17) is 0 Å². The summed E-state index contributed by atoms with van der Waals surface area (Å²) < 4.78 is 2.04. The molecule has 0 amide bonds. The van der Waals surface area contributed by atoms with Crippen molar-refractivity contribution in [3.8, 4) is 0 Å². The maximum Gasteiger partial charge on any atom is 0.0562 e. The molecule has 1 N–H and O–H groups in total. The van der Waals surface area contributed by atoms with Gasteiger partial charge in [0.1, 0.15) is 0 Å². The zero-order valence-corrected chi connectivity index (χ0v) is 11.7. The molecule has 0 radical (unpaired) electrons. The fourth-order valence-corrected chi connectivity index (χ4v) is 2.71. The van der Waals surface area contributed by atoms with Crippen LogP contribution in [-0.4, -0.2) is 46.9 Å². The highest BCUT2D eigenvalue weighted by Crippen LogP contribution is 2.18. The second kappa shape index (κ2) is 6.90. The highest BCUT2D eigenvalue weighted by molar-refractivity contribution is 4.83. The van der Waals surface area contributed by atoms with Gasteiger partial charge in [0.25, 0.3) is 0 Å². The van der Waals surface area contributed by atoms with Crippen molar-refractivity contribution in [2.45, 2.75) is 39.3 Å². The molecular weight excluding hydrogens is 224 g/mol. The van der Waals surface area contributed by atoms with Crippen molar-refractivity contribution < 1.29 is 0 Å². The number of nitrogens with zero attached hydrogens (tertiary/aromatic N) is 3. The summed E-state index contributed by atoms with van der Waals surface area (Å²) in [5.41, 5.74) is 0. The first-order chi connectivity index (χ1) is 8.79. The Hall–Kier alpha value is -0.870.